The number of aliphatic hydroxyl groups excluding tert-OH is 1. The number of rotatable bonds is 20. The lowest BCUT2D eigenvalue weighted by molar-refractivity contribution is -0.336. The van der Waals surface area contributed by atoms with E-state index in [-0.39, 0.29) is 28.9 Å². The van der Waals surface area contributed by atoms with Gasteiger partial charge in [-0.1, -0.05) is 19.9 Å². The highest BCUT2D eigenvalue weighted by Gasteiger charge is 2.85. The highest BCUT2D eigenvalue weighted by atomic mass is 16.6. The van der Waals surface area contributed by atoms with E-state index >= 15 is 0 Å². The Labute approximate surface area is 328 Å². The summed E-state index contributed by atoms with van der Waals surface area (Å²) >= 11 is 0. The van der Waals surface area contributed by atoms with E-state index in [2.05, 4.69) is 47.8 Å². The van der Waals surface area contributed by atoms with Crippen molar-refractivity contribution < 1.29 is 28.8 Å². The fourth-order valence-electron chi connectivity index (χ4n) is 10.6. The molecule has 2 aromatic rings. The predicted molar refractivity (Wildman–Crippen MR) is 218 cm³/mol. The molecular formula is C44H65N5O6. The molecule has 11 nitrogen and oxygen atoms in total. The molecule has 5 N–H and O–H groups in total. The fourth-order valence-corrected chi connectivity index (χ4v) is 10.6. The average Bonchev–Trinajstić information content (AvgIpc) is 3.67. The molecule has 6 rings (SSSR count). The predicted octanol–water partition coefficient (Wildman–Crippen LogP) is 6.66. The second-order valence-corrected chi connectivity index (χ2v) is 17.7. The molecule has 1 amide bonds. The van der Waals surface area contributed by atoms with Gasteiger partial charge in [0.25, 0.3) is 5.91 Å². The first-order valence-electron chi connectivity index (χ1n) is 20.2. The van der Waals surface area contributed by atoms with Gasteiger partial charge in [-0.05, 0) is 163 Å². The summed E-state index contributed by atoms with van der Waals surface area (Å²) in [5, 5.41) is 31.1. The Morgan fingerprint density at radius 2 is 1.75 bits per heavy atom. The number of nitrogens with one attached hydrogen (secondary N) is 4. The number of carbonyl (C=O) groups excluding carboxylic acids is 1. The van der Waals surface area contributed by atoms with Crippen molar-refractivity contribution in [1.82, 2.24) is 15.5 Å². The molecule has 7 unspecified atom stereocenters. The molecular weight excluding hydrogens is 695 g/mol. The third-order valence-corrected chi connectivity index (χ3v) is 12.8. The lowest BCUT2D eigenvalue weighted by Crippen LogP contribution is -2.85. The smallest absolute Gasteiger partial charge is 0.269 e. The van der Waals surface area contributed by atoms with Crippen molar-refractivity contribution in [3.8, 4) is 17.2 Å². The van der Waals surface area contributed by atoms with Crippen molar-refractivity contribution in [2.75, 3.05) is 59.9 Å². The van der Waals surface area contributed by atoms with E-state index in [1.54, 1.807) is 20.3 Å². The Hall–Kier alpha value is -3.64. The zero-order valence-corrected chi connectivity index (χ0v) is 34.5. The highest BCUT2D eigenvalue weighted by molar-refractivity contribution is 6.43. The number of methoxy groups -OCH3 is 2. The van der Waals surface area contributed by atoms with Gasteiger partial charge in [0.2, 0.25) is 0 Å². The van der Waals surface area contributed by atoms with E-state index in [1.165, 1.54) is 12.8 Å². The van der Waals surface area contributed by atoms with Crippen LogP contribution in [0, 0.1) is 34.5 Å². The first kappa shape index (κ1) is 41.0. The zero-order valence-electron chi connectivity index (χ0n) is 34.5. The number of anilines is 1. The van der Waals surface area contributed by atoms with Gasteiger partial charge < -0.3 is 44.9 Å². The lowest BCUT2D eigenvalue weighted by Gasteiger charge is -2.77. The largest absolute Gasteiger partial charge is 0.496 e. The number of ether oxygens (including phenoxy) is 4. The van der Waals surface area contributed by atoms with Gasteiger partial charge in [-0.2, -0.15) is 0 Å². The molecule has 55 heavy (non-hydrogen) atoms. The molecule has 0 saturated heterocycles. The second kappa shape index (κ2) is 16.5. The average molecular weight is 760 g/mol. The van der Waals surface area contributed by atoms with Gasteiger partial charge in [-0.15, -0.1) is 0 Å². The first-order chi connectivity index (χ1) is 26.2. The number of carbonyl (C=O) groups is 1. The van der Waals surface area contributed by atoms with Crippen LogP contribution < -0.4 is 30.2 Å². The van der Waals surface area contributed by atoms with E-state index in [1.807, 2.05) is 58.2 Å². The van der Waals surface area contributed by atoms with Crippen molar-refractivity contribution in [2.45, 2.75) is 96.5 Å². The fraction of sp³-hybridized carbons (Fsp3) is 0.636. The van der Waals surface area contributed by atoms with E-state index in [0.29, 0.717) is 41.2 Å². The number of hydrogen-bond donors (Lipinski definition) is 5. The maximum atomic E-state index is 14.3. The topological polar surface area (TPSA) is 137 Å². The van der Waals surface area contributed by atoms with Crippen LogP contribution >= 0.6 is 0 Å². The minimum atomic E-state index is -1.18. The zero-order chi connectivity index (χ0) is 39.7. The Morgan fingerprint density at radius 1 is 1.05 bits per heavy atom. The Kier molecular flexibility index (Phi) is 12.3. The molecule has 0 aromatic heterocycles. The number of nitrogens with zero attached hydrogens (tertiary/aromatic N) is 1. The van der Waals surface area contributed by atoms with Crippen molar-refractivity contribution in [2.24, 2.45) is 29.1 Å². The van der Waals surface area contributed by atoms with E-state index in [9.17, 15) is 15.3 Å². The van der Waals surface area contributed by atoms with Crippen LogP contribution in [0.1, 0.15) is 90.2 Å². The molecule has 7 atom stereocenters. The van der Waals surface area contributed by atoms with Gasteiger partial charge in [-0.3, -0.25) is 10.2 Å². The summed E-state index contributed by atoms with van der Waals surface area (Å²) < 4.78 is 24.1. The molecule has 2 bridgehead atoms. The SMILES string of the molecule is CNCCCN(C)CCCOc1ccc(N/C(=C\C(=N)C(=O)NC2(C(O)OC(C)(C)C)C3CC4CC5CC2C53C4)c2c(OC)cccc2OC)c(C(C)C)c1. The van der Waals surface area contributed by atoms with E-state index < -0.39 is 23.3 Å². The van der Waals surface area contributed by atoms with Crippen LogP contribution in [0.3, 0.4) is 0 Å². The van der Waals surface area contributed by atoms with Gasteiger partial charge >= 0.3 is 0 Å². The van der Waals surface area contributed by atoms with Gasteiger partial charge in [-0.25, -0.2) is 0 Å². The summed E-state index contributed by atoms with van der Waals surface area (Å²) in [7, 11) is 7.30. The standard InChI is InChI=1S/C44H65N5O6/c1-27(2)31-24-30(54-20-12-19-49(7)18-11-17-46-6)15-16-33(31)47-34(39-35(52-8)13-10-14-36(39)53-9)25-32(45)40(50)48-44(41(51)55-42(3,4)5)37-22-28-21-29-23-38(44)43(29,37)26-28/h10,13-16,24-25,27-29,37-38,41,45-47,51H,11-12,17-23,26H2,1-9H3,(H,48,50)/b34-25-,45-32?. The second-order valence-electron chi connectivity index (χ2n) is 17.7. The van der Waals surface area contributed by atoms with Crippen molar-refractivity contribution >= 4 is 23.0 Å². The minimum absolute atomic E-state index is 0.131. The molecule has 4 aliphatic rings. The van der Waals surface area contributed by atoms with E-state index in [0.717, 1.165) is 62.3 Å². The van der Waals surface area contributed by atoms with Crippen LogP contribution in [-0.4, -0.2) is 93.6 Å². The molecule has 4 saturated carbocycles. The Bertz CT molecular complexity index is 1720. The number of aliphatic hydroxyl groups is 1. The van der Waals surface area contributed by atoms with Crippen LogP contribution in [0.4, 0.5) is 5.69 Å². The van der Waals surface area contributed by atoms with Gasteiger partial charge in [0.05, 0.1) is 43.2 Å². The molecule has 1 spiro atoms. The minimum Gasteiger partial charge on any atom is -0.496 e. The molecule has 302 valence electrons. The molecule has 4 fully saturated rings. The molecule has 11 heteroatoms. The van der Waals surface area contributed by atoms with Gasteiger partial charge in [0, 0.05) is 12.2 Å². The first-order valence-corrected chi connectivity index (χ1v) is 20.2. The molecule has 4 aliphatic carbocycles. The Morgan fingerprint density at radius 3 is 2.38 bits per heavy atom. The number of hydrogen-bond acceptors (Lipinski definition) is 10. The van der Waals surface area contributed by atoms with Crippen LogP contribution in [0.5, 0.6) is 17.2 Å². The highest BCUT2D eigenvalue weighted by Crippen LogP contribution is 2.84. The molecule has 0 heterocycles. The Balaban J connectivity index is 1.26. The maximum absolute atomic E-state index is 14.3. The maximum Gasteiger partial charge on any atom is 0.269 e. The van der Waals surface area contributed by atoms with Crippen molar-refractivity contribution in [1.29, 1.82) is 5.41 Å². The number of fused-ring (bicyclic) bond motifs is 1. The summed E-state index contributed by atoms with van der Waals surface area (Å²) in [5.41, 5.74) is 1.28. The number of benzene rings is 2. The van der Waals surface area contributed by atoms with Crippen LogP contribution in [0.15, 0.2) is 42.5 Å². The van der Waals surface area contributed by atoms with Crippen molar-refractivity contribution in [3.63, 3.8) is 0 Å². The molecule has 2 aromatic carbocycles. The summed E-state index contributed by atoms with van der Waals surface area (Å²) in [5.74, 6) is 2.98. The van der Waals surface area contributed by atoms with Crippen LogP contribution in [0.25, 0.3) is 5.70 Å². The summed E-state index contributed by atoms with van der Waals surface area (Å²) in [6.45, 7) is 13.6. The third kappa shape index (κ3) is 7.87. The third-order valence-electron chi connectivity index (χ3n) is 12.8. The normalized spacial score (nSPS) is 26.9. The monoisotopic (exact) mass is 759 g/mol. The number of amides is 1. The van der Waals surface area contributed by atoms with Crippen LogP contribution in [0.2, 0.25) is 0 Å². The van der Waals surface area contributed by atoms with Gasteiger partial charge in [0.1, 0.15) is 23.0 Å². The van der Waals surface area contributed by atoms with Gasteiger partial charge in [0.15, 0.2) is 6.29 Å². The van der Waals surface area contributed by atoms with Crippen LogP contribution in [-0.2, 0) is 9.53 Å². The molecule has 0 aliphatic heterocycles. The molecule has 0 radical (unpaired) electrons. The van der Waals surface area contributed by atoms with E-state index in [4.69, 9.17) is 18.9 Å². The lowest BCUT2D eigenvalue weighted by atomic mass is 9.31. The summed E-state index contributed by atoms with van der Waals surface area (Å²) in [6.07, 6.45) is 6.75. The summed E-state index contributed by atoms with van der Waals surface area (Å²) in [4.78, 5) is 16.6. The summed E-state index contributed by atoms with van der Waals surface area (Å²) in [6, 6.07) is 11.5. The quantitative estimate of drug-likeness (QED) is 0.0570. The van der Waals surface area contributed by atoms with Crippen molar-refractivity contribution in [3.05, 3.63) is 53.6 Å².